The van der Waals surface area contributed by atoms with Gasteiger partial charge in [0, 0.05) is 22.3 Å². The van der Waals surface area contributed by atoms with Crippen molar-refractivity contribution in [3.63, 3.8) is 0 Å². The van der Waals surface area contributed by atoms with Gasteiger partial charge in [-0.05, 0) is 30.7 Å². The molecule has 20 heavy (non-hydrogen) atoms. The Kier molecular flexibility index (Phi) is 4.99. The first-order chi connectivity index (χ1) is 9.61. The lowest BCUT2D eigenvalue weighted by Gasteiger charge is -2.07. The number of pyridine rings is 1. The van der Waals surface area contributed by atoms with Crippen LogP contribution in [0.2, 0.25) is 10.0 Å². The SMILES string of the molecule is CCCOc1cncc(C(=O)c2ccc(Cl)cc2Cl)c1. The quantitative estimate of drug-likeness (QED) is 0.768. The van der Waals surface area contributed by atoms with Gasteiger partial charge in [-0.1, -0.05) is 30.1 Å². The van der Waals surface area contributed by atoms with E-state index in [-0.39, 0.29) is 5.78 Å². The Bertz CT molecular complexity index is 629. The number of ether oxygens (including phenoxy) is 1. The molecule has 0 aliphatic heterocycles. The number of benzene rings is 1. The Hall–Kier alpha value is -1.58. The lowest BCUT2D eigenvalue weighted by Crippen LogP contribution is -2.04. The summed E-state index contributed by atoms with van der Waals surface area (Å²) in [5, 5.41) is 0.812. The van der Waals surface area contributed by atoms with Crippen LogP contribution in [0.1, 0.15) is 29.3 Å². The summed E-state index contributed by atoms with van der Waals surface area (Å²) in [7, 11) is 0. The summed E-state index contributed by atoms with van der Waals surface area (Å²) in [6.45, 7) is 2.59. The third-order valence-corrected chi connectivity index (χ3v) is 3.17. The van der Waals surface area contributed by atoms with Crippen LogP contribution in [0, 0.1) is 0 Å². The number of hydrogen-bond acceptors (Lipinski definition) is 3. The number of aromatic nitrogens is 1. The van der Waals surface area contributed by atoms with Gasteiger partial charge in [0.05, 0.1) is 17.8 Å². The summed E-state index contributed by atoms with van der Waals surface area (Å²) >= 11 is 11.9. The molecule has 0 unspecified atom stereocenters. The lowest BCUT2D eigenvalue weighted by molar-refractivity contribution is 0.103. The minimum Gasteiger partial charge on any atom is -0.492 e. The molecular formula is C15H13Cl2NO2. The molecule has 0 amide bonds. The molecule has 0 fully saturated rings. The van der Waals surface area contributed by atoms with Crippen molar-refractivity contribution in [2.75, 3.05) is 6.61 Å². The molecular weight excluding hydrogens is 297 g/mol. The van der Waals surface area contributed by atoms with Gasteiger partial charge in [-0.15, -0.1) is 0 Å². The number of ketones is 1. The molecule has 1 aromatic carbocycles. The van der Waals surface area contributed by atoms with Crippen molar-refractivity contribution in [2.24, 2.45) is 0 Å². The summed E-state index contributed by atoms with van der Waals surface area (Å²) in [5.74, 6) is 0.365. The summed E-state index contributed by atoms with van der Waals surface area (Å²) in [5.41, 5.74) is 0.827. The van der Waals surface area contributed by atoms with Crippen LogP contribution in [0.3, 0.4) is 0 Å². The fourth-order valence-electron chi connectivity index (χ4n) is 1.67. The highest BCUT2D eigenvalue weighted by atomic mass is 35.5. The van der Waals surface area contributed by atoms with Crippen molar-refractivity contribution in [3.8, 4) is 5.75 Å². The predicted octanol–water partition coefficient (Wildman–Crippen LogP) is 4.41. The fraction of sp³-hybridized carbons (Fsp3) is 0.200. The van der Waals surface area contributed by atoms with Crippen molar-refractivity contribution in [1.82, 2.24) is 4.98 Å². The van der Waals surface area contributed by atoms with Crippen LogP contribution in [0.5, 0.6) is 5.75 Å². The van der Waals surface area contributed by atoms with Gasteiger partial charge in [0.2, 0.25) is 0 Å². The zero-order valence-corrected chi connectivity index (χ0v) is 12.4. The maximum Gasteiger partial charge on any atom is 0.196 e. The van der Waals surface area contributed by atoms with Gasteiger partial charge in [0.25, 0.3) is 0 Å². The minimum atomic E-state index is -0.207. The number of rotatable bonds is 5. The highest BCUT2D eigenvalue weighted by Crippen LogP contribution is 2.24. The molecule has 0 N–H and O–H groups in total. The van der Waals surface area contributed by atoms with Crippen LogP contribution in [-0.2, 0) is 0 Å². The molecule has 2 aromatic rings. The second-order valence-electron chi connectivity index (χ2n) is 4.21. The van der Waals surface area contributed by atoms with Crippen LogP contribution in [-0.4, -0.2) is 17.4 Å². The van der Waals surface area contributed by atoms with E-state index in [0.29, 0.717) is 33.5 Å². The molecule has 104 valence electrons. The first-order valence-corrected chi connectivity index (χ1v) is 6.95. The van der Waals surface area contributed by atoms with Gasteiger partial charge >= 0.3 is 0 Å². The number of nitrogens with zero attached hydrogens (tertiary/aromatic N) is 1. The smallest absolute Gasteiger partial charge is 0.196 e. The molecule has 0 atom stereocenters. The van der Waals surface area contributed by atoms with E-state index in [1.54, 1.807) is 30.5 Å². The molecule has 2 rings (SSSR count). The number of carbonyl (C=O) groups is 1. The van der Waals surface area contributed by atoms with E-state index in [9.17, 15) is 4.79 Å². The average molecular weight is 310 g/mol. The van der Waals surface area contributed by atoms with Gasteiger partial charge in [0.1, 0.15) is 5.75 Å². The second-order valence-corrected chi connectivity index (χ2v) is 5.05. The maximum atomic E-state index is 12.4. The van der Waals surface area contributed by atoms with Crippen LogP contribution >= 0.6 is 23.2 Å². The third kappa shape index (κ3) is 3.50. The minimum absolute atomic E-state index is 0.207. The van der Waals surface area contributed by atoms with Gasteiger partial charge in [-0.3, -0.25) is 9.78 Å². The third-order valence-electron chi connectivity index (χ3n) is 2.62. The van der Waals surface area contributed by atoms with Crippen molar-refractivity contribution in [1.29, 1.82) is 0 Å². The second kappa shape index (κ2) is 6.73. The van der Waals surface area contributed by atoms with Gasteiger partial charge in [-0.25, -0.2) is 0 Å². The highest BCUT2D eigenvalue weighted by Gasteiger charge is 2.14. The van der Waals surface area contributed by atoms with E-state index in [0.717, 1.165) is 6.42 Å². The molecule has 0 radical (unpaired) electrons. The van der Waals surface area contributed by atoms with E-state index in [1.165, 1.54) is 6.20 Å². The average Bonchev–Trinajstić information content (AvgIpc) is 2.45. The van der Waals surface area contributed by atoms with E-state index >= 15 is 0 Å². The van der Waals surface area contributed by atoms with Crippen molar-refractivity contribution >= 4 is 29.0 Å². The van der Waals surface area contributed by atoms with E-state index in [4.69, 9.17) is 27.9 Å². The predicted molar refractivity (Wildman–Crippen MR) is 79.9 cm³/mol. The largest absolute Gasteiger partial charge is 0.492 e. The lowest BCUT2D eigenvalue weighted by atomic mass is 10.1. The Labute approximate surface area is 127 Å². The molecule has 0 aliphatic carbocycles. The summed E-state index contributed by atoms with van der Waals surface area (Å²) in [4.78, 5) is 16.4. The Balaban J connectivity index is 2.28. The monoisotopic (exact) mass is 309 g/mol. The molecule has 0 bridgehead atoms. The number of halogens is 2. The molecule has 5 heteroatoms. The van der Waals surface area contributed by atoms with Crippen LogP contribution in [0.15, 0.2) is 36.7 Å². The van der Waals surface area contributed by atoms with E-state index in [2.05, 4.69) is 4.98 Å². The Morgan fingerprint density at radius 3 is 2.75 bits per heavy atom. The standard InChI is InChI=1S/C15H13Cl2NO2/c1-2-5-20-12-6-10(8-18-9-12)15(19)13-4-3-11(16)7-14(13)17/h3-4,6-9H,2,5H2,1H3. The first kappa shape index (κ1) is 14.8. The van der Waals surface area contributed by atoms with Crippen LogP contribution in [0.25, 0.3) is 0 Å². The zero-order valence-electron chi connectivity index (χ0n) is 10.9. The summed E-state index contributed by atoms with van der Waals surface area (Å²) < 4.78 is 5.46. The van der Waals surface area contributed by atoms with Gasteiger partial charge in [0.15, 0.2) is 5.78 Å². The van der Waals surface area contributed by atoms with E-state index in [1.807, 2.05) is 6.92 Å². The van der Waals surface area contributed by atoms with Crippen molar-refractivity contribution in [3.05, 3.63) is 57.8 Å². The number of carbonyl (C=O) groups excluding carboxylic acids is 1. The van der Waals surface area contributed by atoms with Crippen LogP contribution in [0.4, 0.5) is 0 Å². The first-order valence-electron chi connectivity index (χ1n) is 6.19. The molecule has 1 heterocycles. The summed E-state index contributed by atoms with van der Waals surface area (Å²) in [6.07, 6.45) is 3.96. The molecule has 0 aliphatic rings. The fourth-order valence-corrected chi connectivity index (χ4v) is 2.17. The van der Waals surface area contributed by atoms with Crippen molar-refractivity contribution < 1.29 is 9.53 Å². The van der Waals surface area contributed by atoms with Gasteiger partial charge in [-0.2, -0.15) is 0 Å². The zero-order chi connectivity index (χ0) is 14.5. The molecule has 0 spiro atoms. The molecule has 3 nitrogen and oxygen atoms in total. The van der Waals surface area contributed by atoms with Crippen LogP contribution < -0.4 is 4.74 Å². The molecule has 0 saturated heterocycles. The molecule has 0 saturated carbocycles. The van der Waals surface area contributed by atoms with Gasteiger partial charge < -0.3 is 4.74 Å². The summed E-state index contributed by atoms with van der Waals surface area (Å²) in [6, 6.07) is 6.44. The normalized spacial score (nSPS) is 10.3. The van der Waals surface area contributed by atoms with E-state index < -0.39 is 0 Å². The number of hydrogen-bond donors (Lipinski definition) is 0. The highest BCUT2D eigenvalue weighted by molar-refractivity contribution is 6.37. The topological polar surface area (TPSA) is 39.2 Å². The molecule has 1 aromatic heterocycles. The maximum absolute atomic E-state index is 12.4. The Morgan fingerprint density at radius 1 is 1.25 bits per heavy atom. The Morgan fingerprint density at radius 2 is 2.05 bits per heavy atom. The van der Waals surface area contributed by atoms with Crippen molar-refractivity contribution in [2.45, 2.75) is 13.3 Å².